The number of carbonyl (C=O) groups excluding carboxylic acids is 1. The normalized spacial score (nSPS) is 21.1. The van der Waals surface area contributed by atoms with Gasteiger partial charge >= 0.3 is 0 Å². The van der Waals surface area contributed by atoms with Crippen LogP contribution < -0.4 is 10.2 Å². The van der Waals surface area contributed by atoms with Crippen molar-refractivity contribution >= 4 is 22.4 Å². The van der Waals surface area contributed by atoms with Crippen LogP contribution in [0.1, 0.15) is 48.0 Å². The molecule has 128 valence electrons. The summed E-state index contributed by atoms with van der Waals surface area (Å²) in [6.45, 7) is 6.39. The number of rotatable bonds is 7. The standard InChI is InChI=1S/C16H25N3O3S/c1-2-21-11-13-14(15(20)17-10-12-6-5-9-22-12)23-16(18-13)19-7-3-4-8-19/h12H,2-11H2,1H3,(H,17,20). The van der Waals surface area contributed by atoms with E-state index in [-0.39, 0.29) is 12.0 Å². The summed E-state index contributed by atoms with van der Waals surface area (Å²) in [5.74, 6) is -0.0573. The molecule has 2 saturated heterocycles. The molecule has 2 aliphatic rings. The van der Waals surface area contributed by atoms with Gasteiger partial charge in [-0.2, -0.15) is 0 Å². The molecular weight excluding hydrogens is 314 g/mol. The van der Waals surface area contributed by atoms with Gasteiger partial charge < -0.3 is 19.7 Å². The molecule has 1 amide bonds. The van der Waals surface area contributed by atoms with Gasteiger partial charge in [0.1, 0.15) is 4.88 Å². The van der Waals surface area contributed by atoms with Crippen molar-refractivity contribution in [3.63, 3.8) is 0 Å². The molecule has 23 heavy (non-hydrogen) atoms. The summed E-state index contributed by atoms with van der Waals surface area (Å²) in [7, 11) is 0. The van der Waals surface area contributed by atoms with E-state index in [1.54, 1.807) is 0 Å². The third kappa shape index (κ3) is 4.22. The van der Waals surface area contributed by atoms with Crippen LogP contribution in [0.15, 0.2) is 0 Å². The molecule has 1 aromatic heterocycles. The van der Waals surface area contributed by atoms with E-state index in [9.17, 15) is 4.79 Å². The highest BCUT2D eigenvalue weighted by Crippen LogP contribution is 2.29. The Morgan fingerprint density at radius 3 is 2.96 bits per heavy atom. The van der Waals surface area contributed by atoms with Gasteiger partial charge in [0, 0.05) is 32.8 Å². The first-order chi connectivity index (χ1) is 11.3. The molecule has 0 bridgehead atoms. The fourth-order valence-corrected chi connectivity index (χ4v) is 3.99. The minimum absolute atomic E-state index is 0.0573. The summed E-state index contributed by atoms with van der Waals surface area (Å²) in [4.78, 5) is 20.1. The maximum Gasteiger partial charge on any atom is 0.263 e. The van der Waals surface area contributed by atoms with Crippen LogP contribution in [-0.2, 0) is 16.1 Å². The smallest absolute Gasteiger partial charge is 0.263 e. The maximum atomic E-state index is 12.5. The van der Waals surface area contributed by atoms with E-state index in [2.05, 4.69) is 15.2 Å². The Hall–Kier alpha value is -1.18. The molecule has 6 nitrogen and oxygen atoms in total. The number of carbonyl (C=O) groups is 1. The number of hydrogen-bond acceptors (Lipinski definition) is 6. The number of anilines is 1. The number of thiazole rings is 1. The summed E-state index contributed by atoms with van der Waals surface area (Å²) in [5, 5.41) is 3.94. The van der Waals surface area contributed by atoms with Crippen molar-refractivity contribution in [3.8, 4) is 0 Å². The number of ether oxygens (including phenoxy) is 2. The number of amides is 1. The molecule has 1 aromatic rings. The van der Waals surface area contributed by atoms with Gasteiger partial charge in [0.05, 0.1) is 18.4 Å². The van der Waals surface area contributed by atoms with Gasteiger partial charge in [-0.15, -0.1) is 0 Å². The van der Waals surface area contributed by atoms with Crippen LogP contribution >= 0.6 is 11.3 Å². The first kappa shape index (κ1) is 16.7. The Balaban J connectivity index is 1.67. The molecule has 0 aliphatic carbocycles. The van der Waals surface area contributed by atoms with Gasteiger partial charge in [-0.05, 0) is 32.6 Å². The highest BCUT2D eigenvalue weighted by molar-refractivity contribution is 7.17. The fraction of sp³-hybridized carbons (Fsp3) is 0.750. The molecule has 7 heteroatoms. The van der Waals surface area contributed by atoms with Crippen LogP contribution in [-0.4, -0.2) is 49.8 Å². The molecular formula is C16H25N3O3S. The molecule has 0 spiro atoms. The lowest BCUT2D eigenvalue weighted by Crippen LogP contribution is -2.31. The molecule has 1 atom stereocenters. The van der Waals surface area contributed by atoms with E-state index in [1.165, 1.54) is 24.2 Å². The van der Waals surface area contributed by atoms with Crippen molar-refractivity contribution in [1.82, 2.24) is 10.3 Å². The summed E-state index contributed by atoms with van der Waals surface area (Å²) in [5.41, 5.74) is 0.753. The van der Waals surface area contributed by atoms with Gasteiger partial charge in [-0.3, -0.25) is 4.79 Å². The monoisotopic (exact) mass is 339 g/mol. The van der Waals surface area contributed by atoms with Gasteiger partial charge in [0.15, 0.2) is 5.13 Å². The molecule has 0 radical (unpaired) electrons. The zero-order valence-corrected chi connectivity index (χ0v) is 14.5. The zero-order chi connectivity index (χ0) is 16.1. The number of hydrogen-bond donors (Lipinski definition) is 1. The lowest BCUT2D eigenvalue weighted by molar-refractivity contribution is 0.0854. The third-order valence-electron chi connectivity index (χ3n) is 4.23. The van der Waals surface area contributed by atoms with Gasteiger partial charge in [0.25, 0.3) is 5.91 Å². The van der Waals surface area contributed by atoms with E-state index < -0.39 is 0 Å². The molecule has 2 aliphatic heterocycles. The second kappa shape index (κ2) is 8.08. The average molecular weight is 339 g/mol. The molecule has 3 heterocycles. The van der Waals surface area contributed by atoms with Crippen molar-refractivity contribution < 1.29 is 14.3 Å². The Morgan fingerprint density at radius 2 is 2.26 bits per heavy atom. The number of nitrogens with one attached hydrogen (secondary N) is 1. The third-order valence-corrected chi connectivity index (χ3v) is 5.38. The molecule has 2 fully saturated rings. The predicted octanol–water partition coefficient (Wildman–Crippen LogP) is 2.19. The number of nitrogens with zero attached hydrogens (tertiary/aromatic N) is 2. The second-order valence-corrected chi connectivity index (χ2v) is 6.93. The lowest BCUT2D eigenvalue weighted by atomic mass is 10.2. The van der Waals surface area contributed by atoms with Gasteiger partial charge in [0.2, 0.25) is 0 Å². The Bertz CT molecular complexity index is 523. The summed E-state index contributed by atoms with van der Waals surface area (Å²) in [6, 6.07) is 0. The molecule has 0 aromatic carbocycles. The van der Waals surface area contributed by atoms with Crippen molar-refractivity contribution in [2.24, 2.45) is 0 Å². The van der Waals surface area contributed by atoms with Crippen LogP contribution in [0.5, 0.6) is 0 Å². The predicted molar refractivity (Wildman–Crippen MR) is 90.2 cm³/mol. The number of aromatic nitrogens is 1. The minimum atomic E-state index is -0.0573. The summed E-state index contributed by atoms with van der Waals surface area (Å²) >= 11 is 1.48. The lowest BCUT2D eigenvalue weighted by Gasteiger charge is -2.12. The molecule has 1 N–H and O–H groups in total. The highest BCUT2D eigenvalue weighted by atomic mass is 32.1. The molecule has 3 rings (SSSR count). The second-order valence-electron chi connectivity index (χ2n) is 5.95. The maximum absolute atomic E-state index is 12.5. The van der Waals surface area contributed by atoms with E-state index >= 15 is 0 Å². The van der Waals surface area contributed by atoms with Crippen LogP contribution in [0.4, 0.5) is 5.13 Å². The van der Waals surface area contributed by atoms with E-state index in [1.807, 2.05) is 6.92 Å². The molecule has 0 saturated carbocycles. The topological polar surface area (TPSA) is 63.7 Å². The zero-order valence-electron chi connectivity index (χ0n) is 13.7. The van der Waals surface area contributed by atoms with E-state index in [0.717, 1.165) is 43.4 Å². The minimum Gasteiger partial charge on any atom is -0.376 e. The van der Waals surface area contributed by atoms with Crippen molar-refractivity contribution in [2.45, 2.75) is 45.3 Å². The van der Waals surface area contributed by atoms with Gasteiger partial charge in [-0.25, -0.2) is 4.98 Å². The Kier molecular flexibility index (Phi) is 5.85. The van der Waals surface area contributed by atoms with Crippen LogP contribution in [0.25, 0.3) is 0 Å². The van der Waals surface area contributed by atoms with Crippen molar-refractivity contribution in [1.29, 1.82) is 0 Å². The van der Waals surface area contributed by atoms with Crippen molar-refractivity contribution in [2.75, 3.05) is 37.7 Å². The largest absolute Gasteiger partial charge is 0.376 e. The van der Waals surface area contributed by atoms with Crippen molar-refractivity contribution in [3.05, 3.63) is 10.6 Å². The summed E-state index contributed by atoms with van der Waals surface area (Å²) in [6.07, 6.45) is 4.64. The first-order valence-corrected chi connectivity index (χ1v) is 9.31. The van der Waals surface area contributed by atoms with E-state index in [0.29, 0.717) is 24.6 Å². The van der Waals surface area contributed by atoms with Crippen LogP contribution in [0, 0.1) is 0 Å². The Morgan fingerprint density at radius 1 is 1.43 bits per heavy atom. The summed E-state index contributed by atoms with van der Waals surface area (Å²) < 4.78 is 11.0. The fourth-order valence-electron chi connectivity index (χ4n) is 2.95. The first-order valence-electron chi connectivity index (χ1n) is 8.50. The van der Waals surface area contributed by atoms with Crippen LogP contribution in [0.3, 0.4) is 0 Å². The average Bonchev–Trinajstić information content (AvgIpc) is 3.31. The quantitative estimate of drug-likeness (QED) is 0.825. The van der Waals surface area contributed by atoms with Gasteiger partial charge in [-0.1, -0.05) is 11.3 Å². The highest BCUT2D eigenvalue weighted by Gasteiger charge is 2.24. The SMILES string of the molecule is CCOCc1nc(N2CCCC2)sc1C(=O)NCC1CCCO1. The Labute approximate surface area is 141 Å². The molecule has 1 unspecified atom stereocenters. The van der Waals surface area contributed by atoms with Crippen LogP contribution in [0.2, 0.25) is 0 Å². The van der Waals surface area contributed by atoms with E-state index in [4.69, 9.17) is 9.47 Å².